The molecule has 0 bridgehead atoms. The summed E-state index contributed by atoms with van der Waals surface area (Å²) >= 11 is 0. The maximum absolute atomic E-state index is 15.8. The first-order valence-electron chi connectivity index (χ1n) is 14.9. The smallest absolute Gasteiger partial charge is 0.309 e. The number of aromatic nitrogens is 2. The molecule has 48 heavy (non-hydrogen) atoms. The average molecular weight is 628 g/mol. The van der Waals surface area contributed by atoms with E-state index in [2.05, 4.69) is 18.2 Å². The van der Waals surface area contributed by atoms with E-state index in [9.17, 15) is 15.8 Å². The van der Waals surface area contributed by atoms with Gasteiger partial charge in [-0.2, -0.15) is 29.0 Å². The van der Waals surface area contributed by atoms with Crippen LogP contribution < -0.4 is 0 Å². The largest absolute Gasteiger partial charge is 0.420 e. The third-order valence-corrected chi connectivity index (χ3v) is 8.79. The van der Waals surface area contributed by atoms with Crippen LogP contribution >= 0.6 is 0 Å². The Kier molecular flexibility index (Phi) is 6.34. The molecule has 0 radical (unpaired) electrons. The third kappa shape index (κ3) is 4.31. The van der Waals surface area contributed by atoms with Gasteiger partial charge < -0.3 is 9.13 Å². The molecule has 0 unspecified atom stereocenters. The van der Waals surface area contributed by atoms with Crippen LogP contribution in [0.1, 0.15) is 22.3 Å². The van der Waals surface area contributed by atoms with Crippen LogP contribution in [0.5, 0.6) is 0 Å². The molecule has 5 nitrogen and oxygen atoms in total. The summed E-state index contributed by atoms with van der Waals surface area (Å²) in [5.74, 6) is 0. The van der Waals surface area contributed by atoms with Crippen LogP contribution in [0.15, 0.2) is 121 Å². The Balaban J connectivity index is 1.60. The molecule has 0 spiro atoms. The van der Waals surface area contributed by atoms with Crippen LogP contribution in [0.4, 0.5) is 13.2 Å². The molecule has 0 aliphatic carbocycles. The van der Waals surface area contributed by atoms with E-state index in [4.69, 9.17) is 0 Å². The topological polar surface area (TPSA) is 81.2 Å². The molecule has 0 fully saturated rings. The van der Waals surface area contributed by atoms with Gasteiger partial charge in [0.1, 0.15) is 5.56 Å². The molecule has 8 aromatic rings. The fourth-order valence-electron chi connectivity index (χ4n) is 6.79. The molecule has 8 rings (SSSR count). The Bertz CT molecular complexity index is 2610. The van der Waals surface area contributed by atoms with Crippen molar-refractivity contribution in [3.05, 3.63) is 144 Å². The molecule has 0 saturated heterocycles. The van der Waals surface area contributed by atoms with Crippen LogP contribution in [0.2, 0.25) is 0 Å². The summed E-state index contributed by atoms with van der Waals surface area (Å²) in [7, 11) is 0. The Morgan fingerprint density at radius 3 is 1.38 bits per heavy atom. The summed E-state index contributed by atoms with van der Waals surface area (Å²) in [6.45, 7) is 0. The van der Waals surface area contributed by atoms with Gasteiger partial charge in [-0.05, 0) is 83.9 Å². The first-order valence-corrected chi connectivity index (χ1v) is 14.9. The molecule has 0 amide bonds. The van der Waals surface area contributed by atoms with Gasteiger partial charge in [-0.15, -0.1) is 0 Å². The van der Waals surface area contributed by atoms with Crippen LogP contribution in [0.25, 0.3) is 66.1 Å². The van der Waals surface area contributed by atoms with Gasteiger partial charge in [0.15, 0.2) is 0 Å². The number of nitrogens with zero attached hydrogens (tertiary/aromatic N) is 5. The molecule has 0 aliphatic rings. The van der Waals surface area contributed by atoms with Crippen molar-refractivity contribution in [1.82, 2.24) is 9.13 Å². The molecule has 2 heterocycles. The van der Waals surface area contributed by atoms with Gasteiger partial charge >= 0.3 is 6.18 Å². The number of para-hydroxylation sites is 2. The van der Waals surface area contributed by atoms with Gasteiger partial charge in [-0.3, -0.25) is 0 Å². The lowest BCUT2D eigenvalue weighted by Crippen LogP contribution is -2.16. The fraction of sp³-hybridized carbons (Fsp3) is 0.0250. The minimum Gasteiger partial charge on any atom is -0.309 e. The Morgan fingerprint density at radius 2 is 0.896 bits per heavy atom. The number of rotatable bonds is 3. The van der Waals surface area contributed by atoms with Crippen molar-refractivity contribution < 1.29 is 13.2 Å². The second-order valence-electron chi connectivity index (χ2n) is 11.5. The molecule has 6 aromatic carbocycles. The van der Waals surface area contributed by atoms with E-state index in [0.29, 0.717) is 71.4 Å². The lowest BCUT2D eigenvalue weighted by molar-refractivity contribution is -0.137. The molecule has 0 atom stereocenters. The van der Waals surface area contributed by atoms with E-state index in [0.717, 1.165) is 0 Å². The zero-order valence-electron chi connectivity index (χ0n) is 24.9. The van der Waals surface area contributed by atoms with Gasteiger partial charge in [-0.25, -0.2) is 0 Å². The summed E-state index contributed by atoms with van der Waals surface area (Å²) < 4.78 is 50.7. The fourth-order valence-corrected chi connectivity index (χ4v) is 6.79. The highest BCUT2D eigenvalue weighted by Crippen LogP contribution is 2.46. The van der Waals surface area contributed by atoms with Crippen molar-refractivity contribution in [3.63, 3.8) is 0 Å². The van der Waals surface area contributed by atoms with Gasteiger partial charge in [-0.1, -0.05) is 48.5 Å². The number of halogens is 3. The van der Waals surface area contributed by atoms with Crippen LogP contribution in [0.3, 0.4) is 0 Å². The normalized spacial score (nSPS) is 11.6. The number of fused-ring (bicyclic) bond motifs is 6. The van der Waals surface area contributed by atoms with E-state index < -0.39 is 11.7 Å². The molecule has 0 saturated carbocycles. The predicted molar refractivity (Wildman–Crippen MR) is 180 cm³/mol. The highest BCUT2D eigenvalue weighted by molar-refractivity contribution is 6.11. The molecule has 226 valence electrons. The zero-order valence-corrected chi connectivity index (χ0v) is 24.9. The summed E-state index contributed by atoms with van der Waals surface area (Å²) in [5.41, 5.74) is 3.25. The van der Waals surface area contributed by atoms with Crippen LogP contribution in [-0.4, -0.2) is 9.13 Å². The minimum atomic E-state index is -4.83. The number of benzene rings is 6. The van der Waals surface area contributed by atoms with Crippen LogP contribution in [-0.2, 0) is 6.18 Å². The van der Waals surface area contributed by atoms with E-state index in [1.54, 1.807) is 94.1 Å². The second-order valence-corrected chi connectivity index (χ2v) is 11.5. The minimum absolute atomic E-state index is 0.104. The Hall–Kier alpha value is -6.82. The SMILES string of the molecule is N#Cc1cccc(-c2cc(-n3c4ccccc4c4cc(C#N)ccc43)c(C(F)(F)F)c(-n3c4ccccc4c4cc(C#N)ccc43)c2)c1. The predicted octanol–water partition coefficient (Wildman–Crippen LogP) is 10.2. The lowest BCUT2D eigenvalue weighted by atomic mass is 9.98. The highest BCUT2D eigenvalue weighted by Gasteiger charge is 2.39. The maximum Gasteiger partial charge on any atom is 0.420 e. The number of nitriles is 3. The highest BCUT2D eigenvalue weighted by atomic mass is 19.4. The van der Waals surface area contributed by atoms with E-state index >= 15 is 13.2 Å². The van der Waals surface area contributed by atoms with Gasteiger partial charge in [0.2, 0.25) is 0 Å². The summed E-state index contributed by atoms with van der Waals surface area (Å²) in [5, 5.41) is 31.7. The van der Waals surface area contributed by atoms with Crippen molar-refractivity contribution in [3.8, 4) is 40.7 Å². The summed E-state index contributed by atoms with van der Waals surface area (Å²) in [6.07, 6.45) is -4.83. The first-order chi connectivity index (χ1) is 23.3. The van der Waals surface area contributed by atoms with E-state index in [1.807, 2.05) is 24.3 Å². The summed E-state index contributed by atoms with van der Waals surface area (Å²) in [4.78, 5) is 0. The van der Waals surface area contributed by atoms with E-state index in [-0.39, 0.29) is 11.4 Å². The summed E-state index contributed by atoms with van der Waals surface area (Å²) in [6, 6.07) is 40.6. The second kappa shape index (κ2) is 10.6. The number of alkyl halides is 3. The average Bonchev–Trinajstić information content (AvgIpc) is 3.62. The monoisotopic (exact) mass is 627 g/mol. The van der Waals surface area contributed by atoms with Crippen molar-refractivity contribution in [1.29, 1.82) is 15.8 Å². The lowest BCUT2D eigenvalue weighted by Gasteiger charge is -2.23. The van der Waals surface area contributed by atoms with Crippen LogP contribution in [0, 0.1) is 34.0 Å². The van der Waals surface area contributed by atoms with Crippen molar-refractivity contribution in [2.75, 3.05) is 0 Å². The Labute approximate surface area is 271 Å². The van der Waals surface area contributed by atoms with Crippen molar-refractivity contribution in [2.24, 2.45) is 0 Å². The number of hydrogen-bond acceptors (Lipinski definition) is 3. The van der Waals surface area contributed by atoms with Gasteiger partial charge in [0.05, 0.1) is 68.3 Å². The van der Waals surface area contributed by atoms with E-state index in [1.165, 1.54) is 12.1 Å². The van der Waals surface area contributed by atoms with Crippen molar-refractivity contribution in [2.45, 2.75) is 6.18 Å². The standard InChI is InChI=1S/C40H20F3N5/c41-40(42,43)39-37(47-33-10-3-1-8-29(33)31-17-25(22-45)12-14-35(31)47)19-28(27-7-5-6-24(16-27)21-44)20-38(39)48-34-11-4-2-9-30(34)32-18-26(23-46)13-15-36(32)48/h1-20H. The molecule has 8 heteroatoms. The quantitative estimate of drug-likeness (QED) is 0.195. The third-order valence-electron chi connectivity index (χ3n) is 8.79. The zero-order chi connectivity index (χ0) is 33.2. The molecular formula is C40H20F3N5. The molecular weight excluding hydrogens is 607 g/mol. The molecule has 2 aromatic heterocycles. The van der Waals surface area contributed by atoms with Gasteiger partial charge in [0.25, 0.3) is 0 Å². The Morgan fingerprint density at radius 1 is 0.438 bits per heavy atom. The maximum atomic E-state index is 15.8. The van der Waals surface area contributed by atoms with Gasteiger partial charge in [0, 0.05) is 21.5 Å². The first kappa shape index (κ1) is 28.6. The molecule has 0 N–H and O–H groups in total. The molecule has 0 aliphatic heterocycles. The van der Waals surface area contributed by atoms with Crippen molar-refractivity contribution >= 4 is 43.6 Å². The number of hydrogen-bond donors (Lipinski definition) is 0.